The molecule has 8 heteroatoms. The van der Waals surface area contributed by atoms with Crippen molar-refractivity contribution in [2.24, 2.45) is 0 Å². The SMILES string of the molecule is Cc1cc(NC(=O)[C@H](C)SCC(=O)Nc2ccc(N3CCCCCC3)cc2)no1. The molecule has 1 aliphatic rings. The highest BCUT2D eigenvalue weighted by molar-refractivity contribution is 8.01. The van der Waals surface area contributed by atoms with Crippen LogP contribution in [0.1, 0.15) is 38.4 Å². The van der Waals surface area contributed by atoms with E-state index < -0.39 is 0 Å². The minimum absolute atomic E-state index is 0.130. The largest absolute Gasteiger partial charge is 0.372 e. The fourth-order valence-electron chi connectivity index (χ4n) is 3.21. The molecule has 1 saturated heterocycles. The second kappa shape index (κ2) is 10.3. The minimum Gasteiger partial charge on any atom is -0.372 e. The van der Waals surface area contributed by atoms with Crippen LogP contribution in [0.3, 0.4) is 0 Å². The Morgan fingerprint density at radius 3 is 2.45 bits per heavy atom. The minimum atomic E-state index is -0.386. The first-order chi connectivity index (χ1) is 14.0. The Bertz CT molecular complexity index is 814. The Balaban J connectivity index is 1.43. The Kier molecular flexibility index (Phi) is 7.57. The molecule has 2 aromatic rings. The molecule has 1 atom stereocenters. The van der Waals surface area contributed by atoms with Gasteiger partial charge in [0.25, 0.3) is 0 Å². The first kappa shape index (κ1) is 21.2. The first-order valence-electron chi connectivity index (χ1n) is 10.0. The predicted molar refractivity (Wildman–Crippen MR) is 118 cm³/mol. The van der Waals surface area contributed by atoms with E-state index in [1.807, 2.05) is 12.1 Å². The van der Waals surface area contributed by atoms with E-state index in [0.29, 0.717) is 11.6 Å². The predicted octanol–water partition coefficient (Wildman–Crippen LogP) is 4.06. The number of hydrogen-bond donors (Lipinski definition) is 2. The third kappa shape index (κ3) is 6.52. The summed E-state index contributed by atoms with van der Waals surface area (Å²) in [6, 6.07) is 9.64. The topological polar surface area (TPSA) is 87.5 Å². The van der Waals surface area contributed by atoms with Gasteiger partial charge in [-0.25, -0.2) is 0 Å². The number of aryl methyl sites for hydroxylation is 1. The molecule has 0 spiro atoms. The monoisotopic (exact) mass is 416 g/mol. The van der Waals surface area contributed by atoms with Gasteiger partial charge in [0.1, 0.15) is 5.76 Å². The maximum atomic E-state index is 12.2. The van der Waals surface area contributed by atoms with Gasteiger partial charge in [-0.15, -0.1) is 11.8 Å². The lowest BCUT2D eigenvalue weighted by Gasteiger charge is -2.22. The average molecular weight is 417 g/mol. The number of hydrogen-bond acceptors (Lipinski definition) is 6. The van der Waals surface area contributed by atoms with Crippen molar-refractivity contribution in [1.29, 1.82) is 0 Å². The van der Waals surface area contributed by atoms with Crippen LogP contribution in [0.4, 0.5) is 17.2 Å². The number of benzene rings is 1. The van der Waals surface area contributed by atoms with Gasteiger partial charge in [-0.3, -0.25) is 9.59 Å². The lowest BCUT2D eigenvalue weighted by molar-refractivity contribution is -0.115. The Labute approximate surface area is 175 Å². The summed E-state index contributed by atoms with van der Waals surface area (Å²) in [5.41, 5.74) is 1.97. The number of carbonyl (C=O) groups is 2. The average Bonchev–Trinajstić information content (AvgIpc) is 2.95. The van der Waals surface area contributed by atoms with E-state index in [0.717, 1.165) is 18.8 Å². The highest BCUT2D eigenvalue weighted by atomic mass is 32.2. The quantitative estimate of drug-likeness (QED) is 0.708. The van der Waals surface area contributed by atoms with Crippen LogP contribution in [-0.4, -0.2) is 41.1 Å². The maximum absolute atomic E-state index is 12.2. The smallest absolute Gasteiger partial charge is 0.238 e. The van der Waals surface area contributed by atoms with Gasteiger partial charge < -0.3 is 20.1 Å². The summed E-state index contributed by atoms with van der Waals surface area (Å²) in [6.45, 7) is 5.70. The van der Waals surface area contributed by atoms with E-state index in [1.165, 1.54) is 43.1 Å². The molecule has 0 unspecified atom stereocenters. The molecule has 29 heavy (non-hydrogen) atoms. The Morgan fingerprint density at radius 1 is 1.14 bits per heavy atom. The number of rotatable bonds is 7. The molecule has 3 rings (SSSR count). The van der Waals surface area contributed by atoms with Crippen LogP contribution in [0, 0.1) is 6.92 Å². The van der Waals surface area contributed by atoms with Gasteiger partial charge in [-0.05, 0) is 51.0 Å². The van der Waals surface area contributed by atoms with Crippen molar-refractivity contribution < 1.29 is 14.1 Å². The number of thioether (sulfide) groups is 1. The van der Waals surface area contributed by atoms with Crippen molar-refractivity contribution in [2.45, 2.75) is 44.8 Å². The number of aromatic nitrogens is 1. The summed E-state index contributed by atoms with van der Waals surface area (Å²) in [7, 11) is 0. The van der Waals surface area contributed by atoms with Gasteiger partial charge in [0.15, 0.2) is 5.82 Å². The highest BCUT2D eigenvalue weighted by Gasteiger charge is 2.17. The summed E-state index contributed by atoms with van der Waals surface area (Å²) < 4.78 is 4.92. The van der Waals surface area contributed by atoms with Crippen LogP contribution >= 0.6 is 11.8 Å². The Hall–Kier alpha value is -2.48. The van der Waals surface area contributed by atoms with Crippen molar-refractivity contribution in [3.63, 3.8) is 0 Å². The van der Waals surface area contributed by atoms with E-state index >= 15 is 0 Å². The molecular weight excluding hydrogens is 388 g/mol. The van der Waals surface area contributed by atoms with Crippen LogP contribution in [0.2, 0.25) is 0 Å². The molecule has 0 saturated carbocycles. The molecule has 0 aliphatic carbocycles. The molecule has 0 bridgehead atoms. The van der Waals surface area contributed by atoms with E-state index in [9.17, 15) is 9.59 Å². The van der Waals surface area contributed by atoms with E-state index in [2.05, 4.69) is 32.8 Å². The summed E-state index contributed by atoms with van der Waals surface area (Å²) in [6.07, 6.45) is 5.07. The molecule has 1 aromatic carbocycles. The zero-order valence-electron chi connectivity index (χ0n) is 16.9. The van der Waals surface area contributed by atoms with Gasteiger partial charge in [0.05, 0.1) is 11.0 Å². The third-order valence-corrected chi connectivity index (χ3v) is 5.98. The second-order valence-electron chi connectivity index (χ2n) is 7.26. The van der Waals surface area contributed by atoms with Crippen molar-refractivity contribution in [3.05, 3.63) is 36.1 Å². The van der Waals surface area contributed by atoms with Gasteiger partial charge >= 0.3 is 0 Å². The third-order valence-electron chi connectivity index (χ3n) is 4.84. The fourth-order valence-corrected chi connectivity index (χ4v) is 3.89. The van der Waals surface area contributed by atoms with E-state index in [1.54, 1.807) is 19.9 Å². The van der Waals surface area contributed by atoms with Crippen molar-refractivity contribution in [2.75, 3.05) is 34.4 Å². The molecular formula is C21H28N4O3S. The van der Waals surface area contributed by atoms with Crippen LogP contribution < -0.4 is 15.5 Å². The molecule has 2 N–H and O–H groups in total. The zero-order chi connectivity index (χ0) is 20.6. The van der Waals surface area contributed by atoms with E-state index in [4.69, 9.17) is 4.52 Å². The second-order valence-corrected chi connectivity index (χ2v) is 8.59. The lowest BCUT2D eigenvalue weighted by atomic mass is 10.2. The van der Waals surface area contributed by atoms with Crippen molar-refractivity contribution in [3.8, 4) is 0 Å². The first-order valence-corrected chi connectivity index (χ1v) is 11.1. The number of carbonyl (C=O) groups excluding carboxylic acids is 2. The molecule has 156 valence electrons. The van der Waals surface area contributed by atoms with Gasteiger partial charge in [0, 0.05) is 30.5 Å². The van der Waals surface area contributed by atoms with Crippen LogP contribution in [-0.2, 0) is 9.59 Å². The summed E-state index contributed by atoms with van der Waals surface area (Å²) in [5, 5.41) is 8.92. The number of anilines is 3. The highest BCUT2D eigenvalue weighted by Crippen LogP contribution is 2.22. The zero-order valence-corrected chi connectivity index (χ0v) is 17.8. The lowest BCUT2D eigenvalue weighted by Crippen LogP contribution is -2.25. The molecule has 1 aromatic heterocycles. The number of nitrogens with one attached hydrogen (secondary N) is 2. The molecule has 2 amide bonds. The molecule has 0 radical (unpaired) electrons. The number of nitrogens with zero attached hydrogens (tertiary/aromatic N) is 2. The summed E-state index contributed by atoms with van der Waals surface area (Å²) in [5.74, 6) is 0.864. The van der Waals surface area contributed by atoms with Crippen LogP contribution in [0.15, 0.2) is 34.9 Å². The standard InChI is InChI=1S/C21H28N4O3S/c1-15-13-19(24-28-15)23-21(27)16(2)29-14-20(26)22-17-7-9-18(10-8-17)25-11-5-3-4-6-12-25/h7-10,13,16H,3-6,11-12,14H2,1-2H3,(H,22,26)(H,23,24,27)/t16-/m0/s1. The van der Waals surface area contributed by atoms with Gasteiger partial charge in [-0.2, -0.15) is 0 Å². The molecule has 1 aliphatic heterocycles. The van der Waals surface area contributed by atoms with Crippen molar-refractivity contribution >= 4 is 40.8 Å². The summed E-state index contributed by atoms with van der Waals surface area (Å²) >= 11 is 1.28. The van der Waals surface area contributed by atoms with Crippen LogP contribution in [0.5, 0.6) is 0 Å². The summed E-state index contributed by atoms with van der Waals surface area (Å²) in [4.78, 5) is 26.8. The molecule has 1 fully saturated rings. The van der Waals surface area contributed by atoms with Crippen LogP contribution in [0.25, 0.3) is 0 Å². The molecule has 2 heterocycles. The molecule has 7 nitrogen and oxygen atoms in total. The Morgan fingerprint density at radius 2 is 1.83 bits per heavy atom. The maximum Gasteiger partial charge on any atom is 0.238 e. The van der Waals surface area contributed by atoms with Crippen molar-refractivity contribution in [1.82, 2.24) is 5.16 Å². The van der Waals surface area contributed by atoms with Gasteiger partial charge in [-0.1, -0.05) is 18.0 Å². The fraction of sp³-hybridized carbons (Fsp3) is 0.476. The van der Waals surface area contributed by atoms with Gasteiger partial charge in [0.2, 0.25) is 11.8 Å². The number of amides is 2. The van der Waals surface area contributed by atoms with E-state index in [-0.39, 0.29) is 22.8 Å². The normalized spacial score (nSPS) is 15.4.